The number of hydrogen-bond donors (Lipinski definition) is 1. The molecule has 6 nitrogen and oxygen atoms in total. The van der Waals surface area contributed by atoms with E-state index < -0.39 is 23.7 Å². The fourth-order valence-electron chi connectivity index (χ4n) is 5.05. The molecule has 0 aromatic heterocycles. The monoisotopic (exact) mass is 443 g/mol. The summed E-state index contributed by atoms with van der Waals surface area (Å²) in [7, 11) is 0. The summed E-state index contributed by atoms with van der Waals surface area (Å²) >= 11 is 3.57. The van der Waals surface area contributed by atoms with Gasteiger partial charge in [-0.1, -0.05) is 52.3 Å². The molecule has 0 unspecified atom stereocenters. The van der Waals surface area contributed by atoms with Crippen molar-refractivity contribution in [1.29, 1.82) is 0 Å². The fourth-order valence-corrected chi connectivity index (χ4v) is 6.09. The summed E-state index contributed by atoms with van der Waals surface area (Å²) in [5, 5.41) is 4.73. The predicted molar refractivity (Wildman–Crippen MR) is 105 cm³/mol. The van der Waals surface area contributed by atoms with Gasteiger partial charge in [-0.3, -0.25) is 14.4 Å². The van der Waals surface area contributed by atoms with E-state index in [1.165, 1.54) is 0 Å². The lowest BCUT2D eigenvalue weighted by atomic mass is 9.80. The topological polar surface area (TPSA) is 81.7 Å². The van der Waals surface area contributed by atoms with Crippen LogP contribution in [0.25, 0.3) is 10.8 Å². The van der Waals surface area contributed by atoms with Crippen molar-refractivity contribution < 1.29 is 23.9 Å². The van der Waals surface area contributed by atoms with Crippen molar-refractivity contribution in [3.8, 4) is 0 Å². The van der Waals surface area contributed by atoms with Crippen molar-refractivity contribution in [2.45, 2.75) is 17.4 Å². The van der Waals surface area contributed by atoms with E-state index in [-0.39, 0.29) is 35.3 Å². The van der Waals surface area contributed by atoms with Crippen LogP contribution in [-0.2, 0) is 23.9 Å². The Morgan fingerprint density at radius 3 is 2.79 bits per heavy atom. The largest absolute Gasteiger partial charge is 0.461 e. The van der Waals surface area contributed by atoms with Crippen molar-refractivity contribution >= 4 is 50.2 Å². The number of carbonyl (C=O) groups is 3. The second-order valence-electron chi connectivity index (χ2n) is 7.64. The highest BCUT2D eigenvalue weighted by molar-refractivity contribution is 9.09. The number of ether oxygens (including phenoxy) is 2. The zero-order valence-electron chi connectivity index (χ0n) is 14.8. The Morgan fingerprint density at radius 1 is 1.14 bits per heavy atom. The first-order chi connectivity index (χ1) is 13.5. The van der Waals surface area contributed by atoms with Crippen LogP contribution in [0, 0.1) is 23.7 Å². The standard InChI is InChI=1S/C21H18BrNO5/c22-18-12-8-13-17(21(26)28-19(13)18)16(12)20(25)27-9-15(24)23-14-7-3-5-10-4-1-2-6-11(10)14/h1-7,12-13,16-19H,8-9H2,(H,23,24)/t12-,13-,16-,17-,18+,19+/m1/s1. The minimum absolute atomic E-state index is 0.0140. The Kier molecular flexibility index (Phi) is 4.16. The van der Waals surface area contributed by atoms with E-state index in [0.29, 0.717) is 5.69 Å². The maximum absolute atomic E-state index is 12.7. The molecule has 0 radical (unpaired) electrons. The summed E-state index contributed by atoms with van der Waals surface area (Å²) < 4.78 is 10.7. The van der Waals surface area contributed by atoms with E-state index >= 15 is 0 Å². The third-order valence-electron chi connectivity index (χ3n) is 6.20. The summed E-state index contributed by atoms with van der Waals surface area (Å²) in [6, 6.07) is 13.3. The summed E-state index contributed by atoms with van der Waals surface area (Å²) in [5.74, 6) is -2.10. The van der Waals surface area contributed by atoms with E-state index in [9.17, 15) is 14.4 Å². The van der Waals surface area contributed by atoms with Crippen LogP contribution < -0.4 is 5.32 Å². The number of carbonyl (C=O) groups excluding carboxylic acids is 3. The number of fused-ring (bicyclic) bond motifs is 2. The lowest BCUT2D eigenvalue weighted by Gasteiger charge is -2.26. The summed E-state index contributed by atoms with van der Waals surface area (Å²) in [5.41, 5.74) is 0.668. The predicted octanol–water partition coefficient (Wildman–Crippen LogP) is 2.89. The molecule has 6 atom stereocenters. The first-order valence-corrected chi connectivity index (χ1v) is 10.2. The van der Waals surface area contributed by atoms with Crippen LogP contribution in [-0.4, -0.2) is 35.4 Å². The lowest BCUT2D eigenvalue weighted by Crippen LogP contribution is -2.39. The molecule has 28 heavy (non-hydrogen) atoms. The van der Waals surface area contributed by atoms with Gasteiger partial charge in [-0.2, -0.15) is 0 Å². The highest BCUT2D eigenvalue weighted by atomic mass is 79.9. The molecule has 2 aromatic carbocycles. The first-order valence-electron chi connectivity index (χ1n) is 9.33. The van der Waals surface area contributed by atoms with E-state index in [1.807, 2.05) is 42.5 Å². The fraction of sp³-hybridized carbons (Fsp3) is 0.381. The smallest absolute Gasteiger partial charge is 0.310 e. The average Bonchev–Trinajstić information content (AvgIpc) is 3.31. The van der Waals surface area contributed by atoms with Gasteiger partial charge in [0.15, 0.2) is 6.61 Å². The van der Waals surface area contributed by atoms with Gasteiger partial charge in [-0.25, -0.2) is 0 Å². The number of benzene rings is 2. The molecule has 144 valence electrons. The average molecular weight is 444 g/mol. The van der Waals surface area contributed by atoms with Gasteiger partial charge in [0, 0.05) is 17.0 Å². The molecule has 2 aliphatic carbocycles. The molecule has 2 bridgehead atoms. The summed E-state index contributed by atoms with van der Waals surface area (Å²) in [6.07, 6.45) is 0.639. The Hall–Kier alpha value is -2.41. The van der Waals surface area contributed by atoms with Gasteiger partial charge in [0.1, 0.15) is 6.10 Å². The highest BCUT2D eigenvalue weighted by Crippen LogP contribution is 2.60. The number of nitrogens with one attached hydrogen (secondary N) is 1. The van der Waals surface area contributed by atoms with Crippen LogP contribution in [0.2, 0.25) is 0 Å². The highest BCUT2D eigenvalue weighted by Gasteiger charge is 2.68. The Balaban J connectivity index is 1.25. The van der Waals surface area contributed by atoms with E-state index in [2.05, 4.69) is 21.2 Å². The number of hydrogen-bond acceptors (Lipinski definition) is 5. The lowest BCUT2D eigenvalue weighted by molar-refractivity contribution is -0.157. The van der Waals surface area contributed by atoms with Gasteiger partial charge in [0.05, 0.1) is 16.7 Å². The molecule has 2 saturated carbocycles. The molecule has 5 rings (SSSR count). The summed E-state index contributed by atoms with van der Waals surface area (Å²) in [4.78, 5) is 37.1. The second-order valence-corrected chi connectivity index (χ2v) is 8.70. The van der Waals surface area contributed by atoms with Crippen molar-refractivity contribution in [3.05, 3.63) is 42.5 Å². The second kappa shape index (κ2) is 6.58. The third kappa shape index (κ3) is 2.64. The van der Waals surface area contributed by atoms with Gasteiger partial charge < -0.3 is 14.8 Å². The van der Waals surface area contributed by atoms with Crippen molar-refractivity contribution in [3.63, 3.8) is 0 Å². The molecular weight excluding hydrogens is 426 g/mol. The molecule has 7 heteroatoms. The van der Waals surface area contributed by atoms with Crippen molar-refractivity contribution in [2.24, 2.45) is 23.7 Å². The Morgan fingerprint density at radius 2 is 1.93 bits per heavy atom. The van der Waals surface area contributed by atoms with Crippen molar-refractivity contribution in [2.75, 3.05) is 11.9 Å². The van der Waals surface area contributed by atoms with E-state index in [4.69, 9.17) is 9.47 Å². The molecule has 3 aliphatic rings. The minimum Gasteiger partial charge on any atom is -0.461 e. The molecule has 2 aromatic rings. The zero-order chi connectivity index (χ0) is 19.4. The molecule has 1 saturated heterocycles. The van der Waals surface area contributed by atoms with Crippen LogP contribution >= 0.6 is 15.9 Å². The number of halogens is 1. The summed E-state index contributed by atoms with van der Waals surface area (Å²) in [6.45, 7) is -0.381. The van der Waals surface area contributed by atoms with E-state index in [0.717, 1.165) is 17.2 Å². The maximum atomic E-state index is 12.7. The van der Waals surface area contributed by atoms with Crippen LogP contribution in [0.1, 0.15) is 6.42 Å². The molecule has 1 N–H and O–H groups in total. The Labute approximate surface area is 169 Å². The van der Waals surface area contributed by atoms with E-state index in [1.54, 1.807) is 0 Å². The SMILES string of the molecule is O=C(COC(=O)[C@@H]1[C@H]2C[C@H]3[C@H](OC(=O)[C@H]31)[C@H]2Br)Nc1cccc2ccccc12. The van der Waals surface area contributed by atoms with Gasteiger partial charge in [0.2, 0.25) is 0 Å². The number of amides is 1. The number of rotatable bonds is 4. The van der Waals surface area contributed by atoms with Gasteiger partial charge in [0.25, 0.3) is 5.91 Å². The maximum Gasteiger partial charge on any atom is 0.310 e. The quantitative estimate of drug-likeness (QED) is 0.580. The number of anilines is 1. The molecule has 3 fully saturated rings. The minimum atomic E-state index is -0.536. The molecule has 1 heterocycles. The van der Waals surface area contributed by atoms with Crippen molar-refractivity contribution in [1.82, 2.24) is 0 Å². The first kappa shape index (κ1) is 17.7. The van der Waals surface area contributed by atoms with Gasteiger partial charge in [-0.05, 0) is 23.8 Å². The normalized spacial score (nSPS) is 32.4. The number of alkyl halides is 1. The van der Waals surface area contributed by atoms with Crippen LogP contribution in [0.15, 0.2) is 42.5 Å². The molecular formula is C21H18BrNO5. The van der Waals surface area contributed by atoms with Gasteiger partial charge in [-0.15, -0.1) is 0 Å². The molecule has 1 amide bonds. The van der Waals surface area contributed by atoms with Crippen LogP contribution in [0.3, 0.4) is 0 Å². The Bertz CT molecular complexity index is 986. The number of esters is 2. The zero-order valence-corrected chi connectivity index (χ0v) is 16.4. The van der Waals surface area contributed by atoms with Crippen LogP contribution in [0.4, 0.5) is 5.69 Å². The van der Waals surface area contributed by atoms with Crippen LogP contribution in [0.5, 0.6) is 0 Å². The molecule has 1 aliphatic heterocycles. The molecule has 0 spiro atoms. The third-order valence-corrected chi connectivity index (χ3v) is 7.40. The van der Waals surface area contributed by atoms with Gasteiger partial charge >= 0.3 is 11.9 Å².